The number of phenols is 1. The summed E-state index contributed by atoms with van der Waals surface area (Å²) in [7, 11) is 1.92. The summed E-state index contributed by atoms with van der Waals surface area (Å²) in [5.74, 6) is -4.16. The van der Waals surface area contributed by atoms with E-state index in [0.29, 0.717) is 92.5 Å². The molecule has 2 bridgehead atoms. The number of nitriles is 1. The van der Waals surface area contributed by atoms with Crippen molar-refractivity contribution in [3.05, 3.63) is 138 Å². The minimum atomic E-state index is -1.59. The Bertz CT molecular complexity index is 4910. The molecule has 14 rings (SSSR count). The molecule has 8 atom stereocenters. The van der Waals surface area contributed by atoms with Crippen LogP contribution in [0.4, 0.5) is 32.5 Å². The van der Waals surface area contributed by atoms with Crippen molar-refractivity contribution >= 4 is 82.3 Å². The van der Waals surface area contributed by atoms with Gasteiger partial charge in [-0.25, -0.2) is 14.6 Å². The van der Waals surface area contributed by atoms with Crippen molar-refractivity contribution in [1.82, 2.24) is 66.1 Å². The third-order valence-electron chi connectivity index (χ3n) is 25.1. The van der Waals surface area contributed by atoms with Crippen LogP contribution >= 0.6 is 0 Å². The minimum Gasteiger partial charge on any atom is -0.507 e. The van der Waals surface area contributed by atoms with Gasteiger partial charge in [0, 0.05) is 163 Å². The largest absolute Gasteiger partial charge is 0.509 e. The SMILES string of the molecule is CC(C)C(C(=O)N1C[C@H](OC(=O)OC(C(=O)N2CCN(C)CC2)c2ccc(NC(=O)[C@H](CCCNC(N)=O)NC(=O)C3(C(=O)NCCCCCN4C(=O)C=CC4=O)CCC3)cc2)C[C@H]1C(=O)N[C@@H](C)c1ccc(C#N)cc1)c1cc(OCCN2CCC(OC3CC(Oc4cc(N5C6CCC5CN(c5cc(-c7ccccc7O)nnc5N)C6)ccn4)C3)CC2)no1. The van der Waals surface area contributed by atoms with Crippen LogP contribution in [0.5, 0.6) is 17.5 Å². The van der Waals surface area contributed by atoms with Gasteiger partial charge in [-0.1, -0.05) is 56.7 Å². The van der Waals surface area contributed by atoms with Crippen molar-refractivity contribution in [2.75, 3.05) is 120 Å². The van der Waals surface area contributed by atoms with Gasteiger partial charge in [0.25, 0.3) is 23.6 Å². The molecule has 3 aromatic carbocycles. The lowest BCUT2D eigenvalue weighted by atomic mass is 9.67. The molecule has 7 fully saturated rings. The number of ether oxygens (including phenoxy) is 5. The van der Waals surface area contributed by atoms with Crippen molar-refractivity contribution in [3.63, 3.8) is 0 Å². The number of anilines is 4. The van der Waals surface area contributed by atoms with Crippen LogP contribution in [0.3, 0.4) is 0 Å². The lowest BCUT2D eigenvalue weighted by Gasteiger charge is -2.43. The molecule has 2 aliphatic carbocycles. The van der Waals surface area contributed by atoms with E-state index < -0.39 is 95.2 Å². The van der Waals surface area contributed by atoms with Crippen molar-refractivity contribution < 1.29 is 81.3 Å². The first-order chi connectivity index (χ1) is 60.3. The molecule has 6 aliphatic heterocycles. The number of piperidine rings is 1. The zero-order chi connectivity index (χ0) is 88.0. The first kappa shape index (κ1) is 88.8. The molecule has 3 aromatic heterocycles. The number of nitrogens with two attached hydrogens (primary N) is 2. The Morgan fingerprint density at radius 2 is 1.43 bits per heavy atom. The second-order valence-electron chi connectivity index (χ2n) is 34.0. The van der Waals surface area contributed by atoms with E-state index in [-0.39, 0.29) is 136 Å². The molecule has 664 valence electrons. The number of piperazine rings is 2. The number of imide groups is 1. The summed E-state index contributed by atoms with van der Waals surface area (Å²) in [4.78, 5) is 155. The molecule has 125 heavy (non-hydrogen) atoms. The highest BCUT2D eigenvalue weighted by Crippen LogP contribution is 2.44. The molecule has 36 nitrogen and oxygen atoms in total. The zero-order valence-corrected chi connectivity index (χ0v) is 70.9. The molecule has 9 heterocycles. The summed E-state index contributed by atoms with van der Waals surface area (Å²) < 4.78 is 37.2. The molecule has 0 radical (unpaired) electrons. The highest BCUT2D eigenvalue weighted by atomic mass is 16.7. The van der Waals surface area contributed by atoms with E-state index in [4.69, 9.17) is 39.7 Å². The summed E-state index contributed by atoms with van der Waals surface area (Å²) in [6.07, 6.45) is 8.44. The maximum absolute atomic E-state index is 15.3. The molecule has 0 spiro atoms. The number of hydrogen-bond donors (Lipinski definition) is 8. The first-order valence-electron chi connectivity index (χ1n) is 43.4. The highest BCUT2D eigenvalue weighted by Gasteiger charge is 2.52. The average molecular weight is 1720 g/mol. The number of para-hydroxylation sites is 1. The molecule has 6 aromatic rings. The van der Waals surface area contributed by atoms with Gasteiger partial charge < -0.3 is 95.9 Å². The number of phenolic OH excluding ortho intramolecular Hbond substituents is 1. The predicted octanol–water partition coefficient (Wildman–Crippen LogP) is 6.52. The number of hydrogen-bond acceptors (Lipinski definition) is 27. The molecule has 2 saturated carbocycles. The van der Waals surface area contributed by atoms with E-state index in [1.165, 1.54) is 41.3 Å². The van der Waals surface area contributed by atoms with Gasteiger partial charge in [0.15, 0.2) is 11.6 Å². The third-order valence-corrected chi connectivity index (χ3v) is 25.1. The van der Waals surface area contributed by atoms with Gasteiger partial charge >= 0.3 is 12.2 Å². The molecular formula is C89H111N19O17. The number of pyridine rings is 1. The number of nitrogen functional groups attached to an aromatic ring is 1. The molecule has 10 amide bonds. The van der Waals surface area contributed by atoms with Gasteiger partial charge in [-0.3, -0.25) is 48.2 Å². The van der Waals surface area contributed by atoms with Crippen molar-refractivity contribution in [1.29, 1.82) is 5.26 Å². The van der Waals surface area contributed by atoms with E-state index in [9.17, 15) is 53.5 Å². The summed E-state index contributed by atoms with van der Waals surface area (Å²) in [5.41, 5.74) is 14.9. The van der Waals surface area contributed by atoms with E-state index in [2.05, 4.69) is 67.7 Å². The van der Waals surface area contributed by atoms with Crippen molar-refractivity contribution in [2.24, 2.45) is 17.1 Å². The van der Waals surface area contributed by atoms with Crippen LogP contribution < -0.4 is 57.3 Å². The summed E-state index contributed by atoms with van der Waals surface area (Å²) >= 11 is 0. The quantitative estimate of drug-likeness (QED) is 0.00897. The molecule has 36 heteroatoms. The van der Waals surface area contributed by atoms with Crippen LogP contribution in [-0.2, 0) is 52.6 Å². The Balaban J connectivity index is 0.565. The van der Waals surface area contributed by atoms with Crippen LogP contribution in [0.2, 0.25) is 0 Å². The van der Waals surface area contributed by atoms with Gasteiger partial charge in [0.1, 0.15) is 48.0 Å². The normalized spacial score (nSPS) is 21.5. The predicted molar refractivity (Wildman–Crippen MR) is 456 cm³/mol. The van der Waals surface area contributed by atoms with Gasteiger partial charge in [0.05, 0.1) is 47.8 Å². The van der Waals surface area contributed by atoms with Gasteiger partial charge in [0.2, 0.25) is 41.5 Å². The number of aromatic hydroxyl groups is 1. The number of primary amides is 1. The van der Waals surface area contributed by atoms with Crippen molar-refractivity contribution in [2.45, 2.75) is 184 Å². The number of likely N-dealkylation sites (tertiary alicyclic amines) is 2. The fourth-order valence-electron chi connectivity index (χ4n) is 17.8. The summed E-state index contributed by atoms with van der Waals surface area (Å²) in [5, 5.41) is 46.8. The summed E-state index contributed by atoms with van der Waals surface area (Å²) in [6, 6.07) is 26.1. The average Bonchev–Trinajstić information content (AvgIpc) is 0.921. The van der Waals surface area contributed by atoms with E-state index >= 15 is 4.79 Å². The smallest absolute Gasteiger partial charge is 0.507 e. The molecule has 10 N–H and O–H groups in total. The fourth-order valence-corrected chi connectivity index (χ4v) is 17.8. The molecule has 4 unspecified atom stereocenters. The fraction of sp³-hybridized carbons (Fsp3) is 0.517. The Kier molecular flexibility index (Phi) is 28.7. The number of benzene rings is 3. The number of carbonyl (C=O) groups is 10. The molecule has 8 aliphatic rings. The minimum absolute atomic E-state index is 0.0136. The number of likely N-dealkylation sites (N-methyl/N-ethyl adjacent to an activating group) is 1. The Labute approximate surface area is 724 Å². The number of urea groups is 1. The maximum atomic E-state index is 15.3. The van der Waals surface area contributed by atoms with Crippen LogP contribution in [-0.4, -0.2) is 257 Å². The second kappa shape index (κ2) is 40.4. The second-order valence-corrected chi connectivity index (χ2v) is 34.0. The standard InChI is InChI=1S/C89H111N19O17/c1-54(2)78(73-49-75(101-125-73)120-43-42-103-36-28-63(29-37-103)121-64-45-65(46-64)122-74-44-60(27-34-93-74)108-61-23-24-62(108)52-105(51-61)70-48-69(99-100-80(70)91)67-12-6-7-14-72(67)109)83(114)107-53-66(47-71(107)82(113)96-55(3)57-17-15-56(50-90)16-18-57)123-88(119)124-79(84(115)104-40-38-102(4)39-41-104)58-19-21-59(22-20-58)97-81(112)68(13-10-33-95-87(92)118)98-86(117)89(30-11-31-89)85(116)94-32-8-5-9-35-106-76(110)25-26-77(106)111/h6-7,12,14-22,25-27,34,44,48-49,54-55,61-66,68,71,78-79,109H,5,8-11,13,23-24,28-33,35-43,45-47,51-53H2,1-4H3,(H2,91,100)(H,94,116)(H,96,113)(H,97,112)(H,98,117)(H3,92,95,118)/t55-,61?,62?,64?,65?,66+,68-,71-,78?,79?/m0/s1. The topological polar surface area (TPSA) is 460 Å². The zero-order valence-electron chi connectivity index (χ0n) is 70.9. The molecular weight excluding hydrogens is 1610 g/mol. The van der Waals surface area contributed by atoms with Gasteiger partial charge in [-0.15, -0.1) is 10.2 Å². The van der Waals surface area contributed by atoms with Crippen LogP contribution in [0.25, 0.3) is 11.3 Å². The number of carbonyl (C=O) groups excluding carboxylic acids is 10. The lowest BCUT2D eigenvalue weighted by molar-refractivity contribution is -0.151. The number of fused-ring (bicyclic) bond motifs is 2. The van der Waals surface area contributed by atoms with Crippen LogP contribution in [0.1, 0.15) is 158 Å². The maximum Gasteiger partial charge on any atom is 0.509 e. The first-order valence-corrected chi connectivity index (χ1v) is 43.4. The highest BCUT2D eigenvalue weighted by molar-refractivity contribution is 6.13. The number of rotatable bonds is 36. The Hall–Kier alpha value is -12.5. The number of nitrogens with one attached hydrogen (secondary N) is 5. The van der Waals surface area contributed by atoms with E-state index in [1.807, 2.05) is 62.3 Å². The van der Waals surface area contributed by atoms with E-state index in [1.54, 1.807) is 54.3 Å². The van der Waals surface area contributed by atoms with Crippen LogP contribution in [0.15, 0.2) is 120 Å². The Morgan fingerprint density at radius 3 is 2.12 bits per heavy atom. The number of aromatic nitrogens is 4. The monoisotopic (exact) mass is 1720 g/mol. The lowest BCUT2D eigenvalue weighted by Crippen LogP contribution is -2.58. The Morgan fingerprint density at radius 1 is 0.720 bits per heavy atom. The number of nitrogens with zero attached hydrogens (tertiary/aromatic N) is 12. The summed E-state index contributed by atoms with van der Waals surface area (Å²) in [6.45, 7) is 11.3. The number of unbranched alkanes of at least 4 members (excludes halogenated alkanes) is 2. The van der Waals surface area contributed by atoms with Gasteiger partial charge in [-0.05, 0) is 150 Å². The molecule has 5 saturated heterocycles. The van der Waals surface area contributed by atoms with Gasteiger partial charge in [-0.2, -0.15) is 5.26 Å². The number of amides is 10. The van der Waals surface area contributed by atoms with Crippen molar-refractivity contribution in [3.8, 4) is 34.8 Å². The van der Waals surface area contributed by atoms with Crippen LogP contribution in [0, 0.1) is 22.7 Å². The van der Waals surface area contributed by atoms with E-state index in [0.717, 1.165) is 81.0 Å². The third kappa shape index (κ3) is 21.7.